The zero-order valence-corrected chi connectivity index (χ0v) is 22.1. The molecule has 1 atom stereocenters. The lowest BCUT2D eigenvalue weighted by molar-refractivity contribution is 0.0696. The van der Waals surface area contributed by atoms with Crippen LogP contribution >= 0.6 is 11.6 Å². The molecule has 0 bridgehead atoms. The molecular weight excluding hydrogens is 514 g/mol. The molecule has 0 saturated carbocycles. The zero-order valence-electron chi connectivity index (χ0n) is 21.3. The molecule has 0 radical (unpaired) electrons. The van der Waals surface area contributed by atoms with Gasteiger partial charge in [0.15, 0.2) is 0 Å². The highest BCUT2D eigenvalue weighted by atomic mass is 35.5. The van der Waals surface area contributed by atoms with E-state index in [0.717, 1.165) is 18.4 Å². The van der Waals surface area contributed by atoms with Gasteiger partial charge in [-0.3, -0.25) is 4.79 Å². The number of carboxylic acid groups (broad SMARTS) is 1. The summed E-state index contributed by atoms with van der Waals surface area (Å²) >= 11 is 5.77. The van der Waals surface area contributed by atoms with Gasteiger partial charge in [0.05, 0.1) is 22.6 Å². The van der Waals surface area contributed by atoms with Gasteiger partial charge >= 0.3 is 5.97 Å². The molecule has 4 aromatic rings. The molecule has 3 aromatic carbocycles. The van der Waals surface area contributed by atoms with Crippen molar-refractivity contribution in [2.45, 2.75) is 25.8 Å². The summed E-state index contributed by atoms with van der Waals surface area (Å²) in [7, 11) is 0. The monoisotopic (exact) mass is 541 g/mol. The molecule has 0 aliphatic heterocycles. The van der Waals surface area contributed by atoms with E-state index in [0.29, 0.717) is 33.6 Å². The lowest BCUT2D eigenvalue weighted by Crippen LogP contribution is -2.28. The minimum Gasteiger partial charge on any atom is -0.508 e. The van der Waals surface area contributed by atoms with Gasteiger partial charge in [0.2, 0.25) is 0 Å². The van der Waals surface area contributed by atoms with Crippen LogP contribution in [0.5, 0.6) is 5.75 Å². The molecule has 39 heavy (non-hydrogen) atoms. The van der Waals surface area contributed by atoms with Gasteiger partial charge in [-0.05, 0) is 53.5 Å². The van der Waals surface area contributed by atoms with Gasteiger partial charge in [-0.1, -0.05) is 74.0 Å². The standard InChI is InChI=1S/C31H28ClN3O4/c1-3-8-26(20-9-5-4-6-10-20)35-30(37)21-12-14-23(25(17-21)31(38)39)19(2)24(11-7-16-32)29-33-27-15-13-22(36)18-28(27)34-29/h4-7,9-18,26,36H,2-3,8H2,1H3,(H,33,34)(H,35,37)(H,38,39)/b16-7-,24-11+/t26-/m1/s1. The smallest absolute Gasteiger partial charge is 0.336 e. The molecular formula is C31H28ClN3O4. The molecule has 1 heterocycles. The van der Waals surface area contributed by atoms with E-state index < -0.39 is 5.97 Å². The van der Waals surface area contributed by atoms with E-state index in [1.807, 2.05) is 37.3 Å². The van der Waals surface area contributed by atoms with Crippen molar-refractivity contribution < 1.29 is 19.8 Å². The van der Waals surface area contributed by atoms with Crippen LogP contribution < -0.4 is 5.32 Å². The number of aromatic amines is 1. The molecule has 7 nitrogen and oxygen atoms in total. The molecule has 4 rings (SSSR count). The summed E-state index contributed by atoms with van der Waals surface area (Å²) in [6, 6.07) is 18.7. The van der Waals surface area contributed by atoms with Crippen LogP contribution in [0, 0.1) is 0 Å². The lowest BCUT2D eigenvalue weighted by Gasteiger charge is -2.19. The first-order chi connectivity index (χ1) is 18.8. The number of aromatic carboxylic acids is 1. The van der Waals surface area contributed by atoms with Crippen LogP contribution in [-0.2, 0) is 0 Å². The SMILES string of the molecule is C=C(/C(=C\C=C/Cl)c1nc2ccc(O)cc2[nH]1)c1ccc(C(=O)N[C@H](CCC)c2ccccc2)cc1C(=O)O. The van der Waals surface area contributed by atoms with Crippen LogP contribution in [0.15, 0.2) is 91.0 Å². The van der Waals surface area contributed by atoms with E-state index in [-0.39, 0.29) is 28.8 Å². The molecule has 0 fully saturated rings. The third-order valence-corrected chi connectivity index (χ3v) is 6.45. The minimum absolute atomic E-state index is 0.0751. The normalized spacial score (nSPS) is 12.5. The Morgan fingerprint density at radius 3 is 2.56 bits per heavy atom. The van der Waals surface area contributed by atoms with E-state index in [4.69, 9.17) is 11.6 Å². The number of phenolic OH excluding ortho intramolecular Hbond substituents is 1. The highest BCUT2D eigenvalue weighted by Crippen LogP contribution is 2.33. The first kappa shape index (κ1) is 27.4. The number of aromatic hydroxyl groups is 1. The van der Waals surface area contributed by atoms with Gasteiger partial charge in [0.25, 0.3) is 5.91 Å². The maximum atomic E-state index is 13.2. The van der Waals surface area contributed by atoms with E-state index in [1.54, 1.807) is 36.4 Å². The Balaban J connectivity index is 1.69. The van der Waals surface area contributed by atoms with Crippen molar-refractivity contribution in [3.8, 4) is 5.75 Å². The summed E-state index contributed by atoms with van der Waals surface area (Å²) in [5, 5.41) is 22.9. The second-order valence-corrected chi connectivity index (χ2v) is 9.21. The molecule has 0 spiro atoms. The number of halogens is 1. The summed E-state index contributed by atoms with van der Waals surface area (Å²) in [6.07, 6.45) is 4.85. The van der Waals surface area contributed by atoms with Crippen LogP contribution in [-0.4, -0.2) is 32.1 Å². The van der Waals surface area contributed by atoms with E-state index in [9.17, 15) is 19.8 Å². The number of phenols is 1. The predicted octanol–water partition coefficient (Wildman–Crippen LogP) is 7.09. The number of nitrogens with one attached hydrogen (secondary N) is 2. The maximum absolute atomic E-state index is 13.2. The number of carbonyl (C=O) groups is 2. The topological polar surface area (TPSA) is 115 Å². The fourth-order valence-electron chi connectivity index (χ4n) is 4.39. The number of H-pyrrole nitrogens is 1. The number of carboxylic acids is 1. The van der Waals surface area contributed by atoms with E-state index in [1.165, 1.54) is 17.7 Å². The van der Waals surface area contributed by atoms with Crippen molar-refractivity contribution in [1.29, 1.82) is 0 Å². The summed E-state index contributed by atoms with van der Waals surface area (Å²) < 4.78 is 0. The van der Waals surface area contributed by atoms with Gasteiger partial charge in [0, 0.05) is 22.7 Å². The van der Waals surface area contributed by atoms with Crippen molar-refractivity contribution in [2.75, 3.05) is 0 Å². The van der Waals surface area contributed by atoms with Crippen molar-refractivity contribution in [2.24, 2.45) is 0 Å². The highest BCUT2D eigenvalue weighted by Gasteiger charge is 2.22. The molecule has 0 unspecified atom stereocenters. The molecule has 0 aliphatic rings. The van der Waals surface area contributed by atoms with Crippen LogP contribution in [0.1, 0.15) is 63.5 Å². The summed E-state index contributed by atoms with van der Waals surface area (Å²) in [6.45, 7) is 6.20. The molecule has 1 aromatic heterocycles. The van der Waals surface area contributed by atoms with Gasteiger partial charge in [0.1, 0.15) is 11.6 Å². The zero-order chi connectivity index (χ0) is 27.9. The number of allylic oxidation sites excluding steroid dienone is 4. The Bertz CT molecular complexity index is 1590. The number of imidazole rings is 1. The molecule has 1 amide bonds. The Morgan fingerprint density at radius 2 is 1.87 bits per heavy atom. The predicted molar refractivity (Wildman–Crippen MR) is 155 cm³/mol. The maximum Gasteiger partial charge on any atom is 0.336 e. The van der Waals surface area contributed by atoms with E-state index >= 15 is 0 Å². The molecule has 8 heteroatoms. The van der Waals surface area contributed by atoms with Crippen LogP contribution in [0.25, 0.3) is 22.2 Å². The fourth-order valence-corrected chi connectivity index (χ4v) is 4.46. The average Bonchev–Trinajstić information content (AvgIpc) is 3.35. The number of aromatic nitrogens is 2. The highest BCUT2D eigenvalue weighted by molar-refractivity contribution is 6.25. The summed E-state index contributed by atoms with van der Waals surface area (Å²) in [4.78, 5) is 33.2. The molecule has 198 valence electrons. The number of hydrogen-bond donors (Lipinski definition) is 4. The first-order valence-electron chi connectivity index (χ1n) is 12.4. The quantitative estimate of drug-likeness (QED) is 0.160. The summed E-state index contributed by atoms with van der Waals surface area (Å²) in [5.74, 6) is -1.07. The third kappa shape index (κ3) is 6.27. The van der Waals surface area contributed by atoms with Crippen molar-refractivity contribution >= 4 is 45.7 Å². The van der Waals surface area contributed by atoms with E-state index in [2.05, 4.69) is 21.9 Å². The minimum atomic E-state index is -1.20. The van der Waals surface area contributed by atoms with Crippen molar-refractivity contribution in [3.63, 3.8) is 0 Å². The molecule has 0 saturated heterocycles. The second kappa shape index (κ2) is 12.3. The average molecular weight is 542 g/mol. The fraction of sp³-hybridized carbons (Fsp3) is 0.129. The van der Waals surface area contributed by atoms with Gasteiger partial charge in [-0.2, -0.15) is 0 Å². The number of hydrogen-bond acceptors (Lipinski definition) is 4. The van der Waals surface area contributed by atoms with Crippen LogP contribution in [0.2, 0.25) is 0 Å². The molecule has 4 N–H and O–H groups in total. The Kier molecular flexibility index (Phi) is 8.63. The molecule has 0 aliphatic carbocycles. The Morgan fingerprint density at radius 1 is 1.10 bits per heavy atom. The van der Waals surface area contributed by atoms with Gasteiger partial charge in [-0.25, -0.2) is 9.78 Å². The lowest BCUT2D eigenvalue weighted by atomic mass is 9.92. The largest absolute Gasteiger partial charge is 0.508 e. The third-order valence-electron chi connectivity index (χ3n) is 6.30. The summed E-state index contributed by atoms with van der Waals surface area (Å²) in [5.41, 5.74) is 4.85. The number of carbonyl (C=O) groups excluding carboxylic acids is 1. The van der Waals surface area contributed by atoms with Crippen LogP contribution in [0.3, 0.4) is 0 Å². The second-order valence-electron chi connectivity index (χ2n) is 8.96. The van der Waals surface area contributed by atoms with Gasteiger partial charge < -0.3 is 20.5 Å². The number of fused-ring (bicyclic) bond motifs is 1. The van der Waals surface area contributed by atoms with Crippen molar-refractivity contribution in [3.05, 3.63) is 119 Å². The number of amides is 1. The number of benzene rings is 3. The Labute approximate surface area is 231 Å². The van der Waals surface area contributed by atoms with Crippen LogP contribution in [0.4, 0.5) is 0 Å². The number of rotatable bonds is 10. The van der Waals surface area contributed by atoms with Gasteiger partial charge in [-0.15, -0.1) is 0 Å². The van der Waals surface area contributed by atoms with Crippen molar-refractivity contribution in [1.82, 2.24) is 15.3 Å². The first-order valence-corrected chi connectivity index (χ1v) is 12.8. The Hall–Kier alpha value is -4.62. The number of nitrogens with zero attached hydrogens (tertiary/aromatic N) is 1.